The second kappa shape index (κ2) is 6.74. The third-order valence-corrected chi connectivity index (χ3v) is 3.58. The van der Waals surface area contributed by atoms with E-state index in [-0.39, 0.29) is 5.75 Å². The first kappa shape index (κ1) is 15.5. The van der Waals surface area contributed by atoms with E-state index < -0.39 is 5.63 Å². The van der Waals surface area contributed by atoms with Gasteiger partial charge in [0.2, 0.25) is 0 Å². The minimum atomic E-state index is -0.394. The molecule has 0 saturated carbocycles. The number of nitrogens with two attached hydrogens (primary N) is 1. The normalized spacial score (nSPS) is 12.7. The van der Waals surface area contributed by atoms with Crippen molar-refractivity contribution in [2.24, 2.45) is 0 Å². The first-order chi connectivity index (χ1) is 10.0. The number of phenolic OH excluding ortho intramolecular Hbond substituents is 1. The molecule has 3 N–H and O–H groups in total. The molecule has 5 heteroatoms. The number of fused-ring (bicyclic) bond motifs is 1. The van der Waals surface area contributed by atoms with Crippen LogP contribution < -0.4 is 10.9 Å². The van der Waals surface area contributed by atoms with Crippen molar-refractivity contribution in [3.05, 3.63) is 39.7 Å². The van der Waals surface area contributed by atoms with Crippen LogP contribution in [0, 0.1) is 0 Å². The first-order valence-electron chi connectivity index (χ1n) is 7.16. The van der Waals surface area contributed by atoms with Gasteiger partial charge in [-0.1, -0.05) is 6.92 Å². The number of methoxy groups -OCH3 is 1. The highest BCUT2D eigenvalue weighted by molar-refractivity contribution is 5.82. The zero-order chi connectivity index (χ0) is 15.4. The predicted molar refractivity (Wildman–Crippen MR) is 80.5 cm³/mol. The van der Waals surface area contributed by atoms with Crippen LogP contribution in [0.3, 0.4) is 0 Å². The van der Waals surface area contributed by atoms with Crippen molar-refractivity contribution in [2.45, 2.75) is 32.9 Å². The highest BCUT2D eigenvalue weighted by Gasteiger charge is 2.12. The van der Waals surface area contributed by atoms with E-state index in [2.05, 4.69) is 12.2 Å². The number of hydrogen-bond acceptors (Lipinski definition) is 4. The monoisotopic (exact) mass is 292 g/mol. The zero-order valence-corrected chi connectivity index (χ0v) is 12.7. The summed E-state index contributed by atoms with van der Waals surface area (Å²) in [5, 5.41) is 12.9. The predicted octanol–water partition coefficient (Wildman–Crippen LogP) is 1.16. The summed E-state index contributed by atoms with van der Waals surface area (Å²) in [7, 11) is 1.67. The quantitative estimate of drug-likeness (QED) is 0.783. The van der Waals surface area contributed by atoms with Crippen LogP contribution >= 0.6 is 0 Å². The fourth-order valence-corrected chi connectivity index (χ4v) is 2.42. The van der Waals surface area contributed by atoms with Crippen molar-refractivity contribution in [1.82, 2.24) is 0 Å². The van der Waals surface area contributed by atoms with Crippen LogP contribution in [-0.4, -0.2) is 24.9 Å². The lowest BCUT2D eigenvalue weighted by Crippen LogP contribution is -2.88. The van der Waals surface area contributed by atoms with Crippen molar-refractivity contribution >= 4 is 11.0 Å². The lowest BCUT2D eigenvalue weighted by Gasteiger charge is -2.11. The van der Waals surface area contributed by atoms with Gasteiger partial charge in [-0.15, -0.1) is 0 Å². The molecule has 0 aliphatic heterocycles. The molecule has 0 bridgehead atoms. The molecule has 5 nitrogen and oxygen atoms in total. The standard InChI is InChI=1S/C16H21NO4/c1-4-11-5-13-12(8-17-10(2)9-20-3)6-16(19)21-15(13)7-14(11)18/h5-7,10,17-18H,4,8-9H2,1-3H3/p+1/t10-/m1/s1. The summed E-state index contributed by atoms with van der Waals surface area (Å²) in [6.07, 6.45) is 0.726. The van der Waals surface area contributed by atoms with Crippen LogP contribution in [-0.2, 0) is 17.7 Å². The average molecular weight is 292 g/mol. The van der Waals surface area contributed by atoms with Crippen molar-refractivity contribution in [3.8, 4) is 5.75 Å². The van der Waals surface area contributed by atoms with E-state index in [9.17, 15) is 9.90 Å². The molecule has 1 aromatic carbocycles. The van der Waals surface area contributed by atoms with E-state index in [0.29, 0.717) is 24.8 Å². The summed E-state index contributed by atoms with van der Waals surface area (Å²) >= 11 is 0. The molecule has 1 heterocycles. The Morgan fingerprint density at radius 1 is 1.33 bits per heavy atom. The molecule has 0 saturated heterocycles. The minimum Gasteiger partial charge on any atom is -0.508 e. The number of ether oxygens (including phenoxy) is 1. The number of hydrogen-bond donors (Lipinski definition) is 2. The molecule has 0 aliphatic carbocycles. The van der Waals surface area contributed by atoms with Gasteiger partial charge in [-0.3, -0.25) is 0 Å². The minimum absolute atomic E-state index is 0.169. The summed E-state index contributed by atoms with van der Waals surface area (Å²) in [5.74, 6) is 0.169. The Hall–Kier alpha value is -1.85. The maximum Gasteiger partial charge on any atom is 0.336 e. The lowest BCUT2D eigenvalue weighted by molar-refractivity contribution is -0.702. The first-order valence-corrected chi connectivity index (χ1v) is 7.16. The second-order valence-corrected chi connectivity index (χ2v) is 5.29. The molecule has 2 rings (SSSR count). The Labute approximate surface area is 123 Å². The Kier molecular flexibility index (Phi) is 4.98. The number of aromatic hydroxyl groups is 1. The fourth-order valence-electron chi connectivity index (χ4n) is 2.42. The maximum atomic E-state index is 11.7. The molecule has 1 atom stereocenters. The van der Waals surface area contributed by atoms with E-state index in [1.165, 1.54) is 12.1 Å². The average Bonchev–Trinajstić information content (AvgIpc) is 2.44. The molecular weight excluding hydrogens is 270 g/mol. The van der Waals surface area contributed by atoms with Gasteiger partial charge >= 0.3 is 5.63 Å². The number of benzene rings is 1. The van der Waals surface area contributed by atoms with Crippen molar-refractivity contribution in [1.29, 1.82) is 0 Å². The van der Waals surface area contributed by atoms with E-state index in [1.807, 2.05) is 13.0 Å². The summed E-state index contributed by atoms with van der Waals surface area (Å²) in [6.45, 7) is 5.37. The number of rotatable bonds is 6. The summed E-state index contributed by atoms with van der Waals surface area (Å²) in [4.78, 5) is 11.7. The smallest absolute Gasteiger partial charge is 0.336 e. The molecule has 2 aromatic rings. The SMILES string of the molecule is CCc1cc2c(C[NH2+][C@H](C)COC)cc(=O)oc2cc1O. The molecule has 0 unspecified atom stereocenters. The maximum absolute atomic E-state index is 11.7. The van der Waals surface area contributed by atoms with Gasteiger partial charge in [0.25, 0.3) is 0 Å². The molecule has 114 valence electrons. The van der Waals surface area contributed by atoms with Crippen molar-refractivity contribution < 1.29 is 19.6 Å². The van der Waals surface area contributed by atoms with Gasteiger partial charge < -0.3 is 19.6 Å². The van der Waals surface area contributed by atoms with Gasteiger partial charge in [0.05, 0.1) is 6.61 Å². The van der Waals surface area contributed by atoms with Gasteiger partial charge in [0.15, 0.2) is 0 Å². The molecular formula is C16H22NO4+. The highest BCUT2D eigenvalue weighted by atomic mass is 16.5. The Bertz CT molecular complexity index is 678. The number of phenols is 1. The summed E-state index contributed by atoms with van der Waals surface area (Å²) < 4.78 is 10.3. The Morgan fingerprint density at radius 3 is 2.76 bits per heavy atom. The molecule has 0 aliphatic rings. The third kappa shape index (κ3) is 3.62. The summed E-state index contributed by atoms with van der Waals surface area (Å²) in [6, 6.07) is 5.25. The van der Waals surface area contributed by atoms with E-state index >= 15 is 0 Å². The van der Waals surface area contributed by atoms with Gasteiger partial charge in [-0.2, -0.15) is 0 Å². The topological polar surface area (TPSA) is 76.3 Å². The largest absolute Gasteiger partial charge is 0.508 e. The molecule has 1 aromatic heterocycles. The molecule has 0 fully saturated rings. The Balaban J connectivity index is 2.39. The van der Waals surface area contributed by atoms with Crippen LogP contribution in [0.2, 0.25) is 0 Å². The van der Waals surface area contributed by atoms with Crippen LogP contribution in [0.15, 0.2) is 27.4 Å². The number of aryl methyl sites for hydroxylation is 1. The van der Waals surface area contributed by atoms with Crippen LogP contribution in [0.5, 0.6) is 5.75 Å². The van der Waals surface area contributed by atoms with Crippen molar-refractivity contribution in [2.75, 3.05) is 13.7 Å². The third-order valence-electron chi connectivity index (χ3n) is 3.58. The van der Waals surface area contributed by atoms with Crippen LogP contribution in [0.4, 0.5) is 0 Å². The zero-order valence-electron chi connectivity index (χ0n) is 12.7. The van der Waals surface area contributed by atoms with Gasteiger partial charge in [-0.05, 0) is 25.0 Å². The van der Waals surface area contributed by atoms with Gasteiger partial charge in [-0.25, -0.2) is 4.79 Å². The summed E-state index contributed by atoms with van der Waals surface area (Å²) in [5.41, 5.74) is 1.80. The van der Waals surface area contributed by atoms with Gasteiger partial charge in [0, 0.05) is 30.2 Å². The number of quaternary nitrogens is 1. The molecule has 0 spiro atoms. The molecule has 21 heavy (non-hydrogen) atoms. The molecule has 0 radical (unpaired) electrons. The van der Waals surface area contributed by atoms with Crippen LogP contribution in [0.25, 0.3) is 11.0 Å². The Morgan fingerprint density at radius 2 is 2.10 bits per heavy atom. The van der Waals surface area contributed by atoms with Crippen molar-refractivity contribution in [3.63, 3.8) is 0 Å². The van der Waals surface area contributed by atoms with E-state index in [1.54, 1.807) is 7.11 Å². The second-order valence-electron chi connectivity index (χ2n) is 5.29. The van der Waals surface area contributed by atoms with E-state index in [0.717, 1.165) is 22.9 Å². The van der Waals surface area contributed by atoms with E-state index in [4.69, 9.17) is 9.15 Å². The molecule has 0 amide bonds. The lowest BCUT2D eigenvalue weighted by atomic mass is 10.0. The van der Waals surface area contributed by atoms with Crippen LogP contribution in [0.1, 0.15) is 25.0 Å². The fraction of sp³-hybridized carbons (Fsp3) is 0.438. The highest BCUT2D eigenvalue weighted by Crippen LogP contribution is 2.26. The van der Waals surface area contributed by atoms with Gasteiger partial charge in [0.1, 0.15) is 23.9 Å².